The normalized spacial score (nSPS) is 32.8. The molecule has 5 nitrogen and oxygen atoms in total. The van der Waals surface area contributed by atoms with Crippen molar-refractivity contribution in [2.24, 2.45) is 21.1 Å². The summed E-state index contributed by atoms with van der Waals surface area (Å²) in [6.45, 7) is 2.60. The van der Waals surface area contributed by atoms with Crippen molar-refractivity contribution in [1.82, 2.24) is 5.32 Å². The van der Waals surface area contributed by atoms with Gasteiger partial charge in [-0.3, -0.25) is 15.1 Å². The van der Waals surface area contributed by atoms with Crippen LogP contribution in [0.25, 0.3) is 0 Å². The van der Waals surface area contributed by atoms with Gasteiger partial charge in [-0.15, -0.1) is 0 Å². The first kappa shape index (κ1) is 8.22. The minimum Gasteiger partial charge on any atom is -0.369 e. The van der Waals surface area contributed by atoms with Gasteiger partial charge in [-0.05, 0) is 19.8 Å². The largest absolute Gasteiger partial charge is 0.369 e. The Morgan fingerprint density at radius 3 is 3.15 bits per heavy atom. The average Bonchev–Trinajstić information content (AvgIpc) is 2.07. The second-order valence-electron chi connectivity index (χ2n) is 3.59. The Hall–Kier alpha value is -1.39. The summed E-state index contributed by atoms with van der Waals surface area (Å²) in [7, 11) is 0. The zero-order valence-electron chi connectivity index (χ0n) is 7.50. The second-order valence-corrected chi connectivity index (χ2v) is 3.59. The minimum absolute atomic E-state index is 0.0848. The van der Waals surface area contributed by atoms with Crippen molar-refractivity contribution in [3.05, 3.63) is 0 Å². The highest BCUT2D eigenvalue weighted by Crippen LogP contribution is 2.31. The van der Waals surface area contributed by atoms with Gasteiger partial charge in [0, 0.05) is 6.54 Å². The minimum atomic E-state index is -0.554. The summed E-state index contributed by atoms with van der Waals surface area (Å²) in [6, 6.07) is 0. The van der Waals surface area contributed by atoms with Gasteiger partial charge in [0.15, 0.2) is 0 Å². The van der Waals surface area contributed by atoms with Gasteiger partial charge >= 0.3 is 0 Å². The predicted molar refractivity (Wildman–Crippen MR) is 49.4 cm³/mol. The molecule has 2 rings (SSSR count). The van der Waals surface area contributed by atoms with Crippen molar-refractivity contribution in [1.29, 1.82) is 0 Å². The number of amides is 1. The van der Waals surface area contributed by atoms with E-state index >= 15 is 0 Å². The van der Waals surface area contributed by atoms with Gasteiger partial charge in [-0.2, -0.15) is 4.99 Å². The molecule has 0 saturated carbocycles. The number of aliphatic imine (C=N–C) groups is 2. The molecule has 2 heterocycles. The molecule has 2 aliphatic rings. The maximum Gasteiger partial charge on any atom is 0.240 e. The van der Waals surface area contributed by atoms with E-state index in [9.17, 15) is 4.79 Å². The number of rotatable bonds is 0. The summed E-state index contributed by atoms with van der Waals surface area (Å²) in [6.07, 6.45) is 1.73. The summed E-state index contributed by atoms with van der Waals surface area (Å²) in [5, 5.41) is 2.53. The number of carbonyl (C=O) groups excluding carboxylic acids is 1. The Kier molecular flexibility index (Phi) is 1.61. The van der Waals surface area contributed by atoms with Crippen LogP contribution in [0.1, 0.15) is 19.8 Å². The van der Waals surface area contributed by atoms with Crippen molar-refractivity contribution in [3.63, 3.8) is 0 Å². The molecule has 1 atom stereocenters. The van der Waals surface area contributed by atoms with Gasteiger partial charge in [0.1, 0.15) is 11.3 Å². The highest BCUT2D eigenvalue weighted by molar-refractivity contribution is 6.19. The zero-order chi connectivity index (χ0) is 9.47. The molecule has 0 aromatic rings. The third kappa shape index (κ3) is 1.11. The highest BCUT2D eigenvalue weighted by Gasteiger charge is 2.43. The lowest BCUT2D eigenvalue weighted by molar-refractivity contribution is -0.126. The number of amidine groups is 1. The standard InChI is InChI=1S/C8H12N4O/c1-8-3-2-4-10-5(8)11-7(9)12-6(8)13/h2-4H2,1H3,(H3,9,10,11,12,13). The Balaban J connectivity index is 2.47. The molecule has 70 valence electrons. The SMILES string of the molecule is CC12CCCN=C1N=C(N)NC2=O. The number of hydrogen-bond acceptors (Lipinski definition) is 4. The molecule has 0 bridgehead atoms. The van der Waals surface area contributed by atoms with Crippen LogP contribution in [-0.2, 0) is 4.79 Å². The van der Waals surface area contributed by atoms with Crippen LogP contribution in [0.3, 0.4) is 0 Å². The molecule has 2 aliphatic heterocycles. The molecule has 0 fully saturated rings. The number of hydrogen-bond donors (Lipinski definition) is 2. The maximum atomic E-state index is 11.6. The van der Waals surface area contributed by atoms with Crippen LogP contribution in [0.2, 0.25) is 0 Å². The van der Waals surface area contributed by atoms with Gasteiger partial charge in [0.25, 0.3) is 0 Å². The van der Waals surface area contributed by atoms with Gasteiger partial charge in [0.05, 0.1) is 0 Å². The zero-order valence-corrected chi connectivity index (χ0v) is 7.50. The molecular formula is C8H12N4O. The fourth-order valence-electron chi connectivity index (χ4n) is 1.67. The summed E-state index contributed by atoms with van der Waals surface area (Å²) < 4.78 is 0. The molecule has 0 saturated heterocycles. The monoisotopic (exact) mass is 180 g/mol. The quantitative estimate of drug-likeness (QED) is 0.533. The van der Waals surface area contributed by atoms with Crippen LogP contribution in [-0.4, -0.2) is 24.2 Å². The third-order valence-electron chi connectivity index (χ3n) is 2.56. The average molecular weight is 180 g/mol. The number of guanidine groups is 1. The smallest absolute Gasteiger partial charge is 0.240 e. The van der Waals surface area contributed by atoms with Crippen molar-refractivity contribution in [2.45, 2.75) is 19.8 Å². The molecule has 0 aliphatic carbocycles. The first-order chi connectivity index (χ1) is 6.13. The lowest BCUT2D eigenvalue weighted by Gasteiger charge is -2.33. The van der Waals surface area contributed by atoms with Crippen LogP contribution < -0.4 is 11.1 Å². The molecule has 0 aromatic carbocycles. The lowest BCUT2D eigenvalue weighted by atomic mass is 9.80. The Morgan fingerprint density at radius 2 is 2.38 bits per heavy atom. The summed E-state index contributed by atoms with van der Waals surface area (Å²) in [4.78, 5) is 19.9. The summed E-state index contributed by atoms with van der Waals surface area (Å²) in [5.74, 6) is 0.654. The van der Waals surface area contributed by atoms with Gasteiger partial charge in [-0.25, -0.2) is 0 Å². The molecule has 13 heavy (non-hydrogen) atoms. The van der Waals surface area contributed by atoms with Crippen LogP contribution in [0, 0.1) is 5.41 Å². The maximum absolute atomic E-state index is 11.6. The molecule has 0 spiro atoms. The predicted octanol–water partition coefficient (Wildman–Crippen LogP) is -0.370. The van der Waals surface area contributed by atoms with E-state index in [4.69, 9.17) is 5.73 Å². The van der Waals surface area contributed by atoms with E-state index in [0.717, 1.165) is 19.4 Å². The third-order valence-corrected chi connectivity index (χ3v) is 2.56. The van der Waals surface area contributed by atoms with Crippen molar-refractivity contribution >= 4 is 17.7 Å². The van der Waals surface area contributed by atoms with Gasteiger partial charge in [0.2, 0.25) is 11.9 Å². The molecular weight excluding hydrogens is 168 g/mol. The Bertz CT molecular complexity index is 320. The number of carbonyl (C=O) groups is 1. The van der Waals surface area contributed by atoms with E-state index in [0.29, 0.717) is 5.84 Å². The number of nitrogens with one attached hydrogen (secondary N) is 1. The van der Waals surface area contributed by atoms with Gasteiger partial charge < -0.3 is 5.73 Å². The Morgan fingerprint density at radius 1 is 1.62 bits per heavy atom. The van der Waals surface area contributed by atoms with E-state index in [1.807, 2.05) is 6.92 Å². The molecule has 0 radical (unpaired) electrons. The summed E-state index contributed by atoms with van der Waals surface area (Å²) >= 11 is 0. The topological polar surface area (TPSA) is 79.8 Å². The fourth-order valence-corrected chi connectivity index (χ4v) is 1.67. The number of fused-ring (bicyclic) bond motifs is 1. The van der Waals surface area contributed by atoms with E-state index in [1.165, 1.54) is 0 Å². The van der Waals surface area contributed by atoms with E-state index in [1.54, 1.807) is 0 Å². The second kappa shape index (κ2) is 2.55. The van der Waals surface area contributed by atoms with Crippen LogP contribution in [0.15, 0.2) is 9.98 Å². The molecule has 1 amide bonds. The summed E-state index contributed by atoms with van der Waals surface area (Å²) in [5.41, 5.74) is 4.87. The molecule has 3 N–H and O–H groups in total. The first-order valence-corrected chi connectivity index (χ1v) is 4.33. The number of nitrogens with two attached hydrogens (primary N) is 1. The fraction of sp³-hybridized carbons (Fsp3) is 0.625. The van der Waals surface area contributed by atoms with E-state index < -0.39 is 5.41 Å². The van der Waals surface area contributed by atoms with Crippen LogP contribution >= 0.6 is 0 Å². The van der Waals surface area contributed by atoms with Crippen molar-refractivity contribution in [3.8, 4) is 0 Å². The number of nitrogens with zero attached hydrogens (tertiary/aromatic N) is 2. The highest BCUT2D eigenvalue weighted by atomic mass is 16.2. The van der Waals surface area contributed by atoms with Gasteiger partial charge in [-0.1, -0.05) is 0 Å². The van der Waals surface area contributed by atoms with Crippen LogP contribution in [0.5, 0.6) is 0 Å². The first-order valence-electron chi connectivity index (χ1n) is 4.33. The van der Waals surface area contributed by atoms with Crippen molar-refractivity contribution < 1.29 is 4.79 Å². The molecule has 1 unspecified atom stereocenters. The molecule has 0 aromatic heterocycles. The molecule has 5 heteroatoms. The van der Waals surface area contributed by atoms with E-state index in [-0.39, 0.29) is 11.9 Å². The van der Waals surface area contributed by atoms with E-state index in [2.05, 4.69) is 15.3 Å². The van der Waals surface area contributed by atoms with Crippen LogP contribution in [0.4, 0.5) is 0 Å². The Labute approximate surface area is 76.1 Å². The van der Waals surface area contributed by atoms with Crippen molar-refractivity contribution in [2.75, 3.05) is 6.54 Å². The lowest BCUT2D eigenvalue weighted by Crippen LogP contribution is -2.54.